The van der Waals surface area contributed by atoms with E-state index in [4.69, 9.17) is 0 Å². The molecule has 0 spiro atoms. The molecule has 1 aliphatic heterocycles. The van der Waals surface area contributed by atoms with Crippen LogP contribution in [0.4, 0.5) is 0 Å². The Morgan fingerprint density at radius 1 is 0.510 bits per heavy atom. The summed E-state index contributed by atoms with van der Waals surface area (Å²) in [5.41, 5.74) is 23.5. The first-order valence-corrected chi connectivity index (χ1v) is 19.2. The van der Waals surface area contributed by atoms with Gasteiger partial charge >= 0.3 is 0 Å². The van der Waals surface area contributed by atoms with E-state index in [1.807, 2.05) is 0 Å². The van der Waals surface area contributed by atoms with Crippen molar-refractivity contribution < 1.29 is 4.57 Å². The van der Waals surface area contributed by atoms with Crippen molar-refractivity contribution in [1.29, 1.82) is 0 Å². The average Bonchev–Trinajstić information content (AvgIpc) is 3.13. The van der Waals surface area contributed by atoms with Gasteiger partial charge in [-0.25, -0.2) is 4.57 Å². The second-order valence-electron chi connectivity index (χ2n) is 15.7. The van der Waals surface area contributed by atoms with Crippen molar-refractivity contribution in [1.82, 2.24) is 0 Å². The van der Waals surface area contributed by atoms with Crippen molar-refractivity contribution in [3.8, 4) is 22.4 Å². The molecule has 0 radical (unpaired) electrons. The molecule has 6 aromatic rings. The fourth-order valence-electron chi connectivity index (χ4n) is 9.67. The number of aryl methyl sites for hydroxylation is 6. The molecular weight excluding hydrogens is 612 g/mol. The minimum absolute atomic E-state index is 0.161. The molecule has 1 aliphatic carbocycles. The van der Waals surface area contributed by atoms with Gasteiger partial charge in [-0.1, -0.05) is 159 Å². The van der Waals surface area contributed by atoms with Crippen LogP contribution < -0.4 is 37.3 Å². The summed E-state index contributed by atoms with van der Waals surface area (Å²) in [7, 11) is 2.21. The van der Waals surface area contributed by atoms with Crippen LogP contribution in [0.1, 0.15) is 77.0 Å². The summed E-state index contributed by atoms with van der Waals surface area (Å²) in [6, 6.07) is 40.0. The molecule has 51 heavy (non-hydrogen) atoms. The normalized spacial score (nSPS) is 14.4. The van der Waals surface area contributed by atoms with Gasteiger partial charge in [0.2, 0.25) is 19.1 Å². The zero-order chi connectivity index (χ0) is 35.4. The third kappa shape index (κ3) is 5.89. The van der Waals surface area contributed by atoms with E-state index in [0.29, 0.717) is 5.92 Å². The van der Waals surface area contributed by atoms with E-state index in [2.05, 4.69) is 162 Å². The number of hydrogen-bond acceptors (Lipinski definition) is 0. The topological polar surface area (TPSA) is 3.88 Å². The molecule has 5 aromatic carbocycles. The molecule has 0 atom stereocenters. The molecule has 1 aromatic heterocycles. The number of pyridine rings is 1. The summed E-state index contributed by atoms with van der Waals surface area (Å²) in [6.45, 7) is 14.1. The highest BCUT2D eigenvalue weighted by Gasteiger charge is 2.40. The van der Waals surface area contributed by atoms with Crippen molar-refractivity contribution in [2.75, 3.05) is 0 Å². The van der Waals surface area contributed by atoms with Crippen LogP contribution in [-0.2, 0) is 7.05 Å². The van der Waals surface area contributed by atoms with Crippen LogP contribution in [0.25, 0.3) is 22.4 Å². The predicted octanol–water partition coefficient (Wildman–Crippen LogP) is 7.09. The quantitative estimate of drug-likeness (QED) is 0.137. The van der Waals surface area contributed by atoms with Crippen LogP contribution in [0.5, 0.6) is 0 Å². The van der Waals surface area contributed by atoms with Crippen LogP contribution in [0.3, 0.4) is 0 Å². The minimum Gasteiger partial charge on any atom is -0.201 e. The smallest absolute Gasteiger partial charge is 0.201 e. The van der Waals surface area contributed by atoms with E-state index in [-0.39, 0.29) is 13.4 Å². The lowest BCUT2D eigenvalue weighted by Crippen LogP contribution is -2.75. The monoisotopic (exact) mass is 662 g/mol. The Morgan fingerprint density at radius 3 is 1.67 bits per heavy atom. The van der Waals surface area contributed by atoms with E-state index in [1.54, 1.807) is 0 Å². The molecule has 1 nitrogen and oxygen atoms in total. The van der Waals surface area contributed by atoms with E-state index < -0.39 is 0 Å². The Kier molecular flexibility index (Phi) is 8.87. The molecule has 1 fully saturated rings. The highest BCUT2D eigenvalue weighted by molar-refractivity contribution is 7.11. The summed E-state index contributed by atoms with van der Waals surface area (Å²) >= 11 is 0. The Balaban J connectivity index is 1.33. The lowest BCUT2D eigenvalue weighted by molar-refractivity contribution is -0.660. The number of nitrogens with zero attached hydrogens (tertiary/aromatic N) is 1. The van der Waals surface area contributed by atoms with Gasteiger partial charge in [-0.05, 0) is 94.2 Å². The van der Waals surface area contributed by atoms with Gasteiger partial charge in [-0.3, -0.25) is 0 Å². The van der Waals surface area contributed by atoms with Crippen LogP contribution in [0.2, 0.25) is 0 Å². The van der Waals surface area contributed by atoms with Crippen LogP contribution >= 0.6 is 0 Å². The number of aromatic nitrogens is 1. The van der Waals surface area contributed by atoms with Crippen molar-refractivity contribution >= 4 is 46.2 Å². The maximum Gasteiger partial charge on any atom is 0.240 e. The Bertz CT molecular complexity index is 2250. The van der Waals surface area contributed by atoms with Gasteiger partial charge in [0, 0.05) is 17.7 Å². The Hall–Kier alpha value is -4.62. The molecule has 252 valence electrons. The zero-order valence-electron chi connectivity index (χ0n) is 31.6. The van der Waals surface area contributed by atoms with E-state index in [0.717, 1.165) is 0 Å². The largest absolute Gasteiger partial charge is 0.240 e. The van der Waals surface area contributed by atoms with Gasteiger partial charge in [-0.2, -0.15) is 0 Å². The molecule has 3 heteroatoms. The lowest BCUT2D eigenvalue weighted by atomic mass is 9.20. The van der Waals surface area contributed by atoms with Crippen molar-refractivity contribution in [2.45, 2.75) is 79.6 Å². The van der Waals surface area contributed by atoms with Gasteiger partial charge in [0.1, 0.15) is 7.05 Å². The molecule has 2 aliphatic rings. The third-order valence-corrected chi connectivity index (χ3v) is 12.5. The molecule has 0 N–H and O–H groups in total. The van der Waals surface area contributed by atoms with Crippen LogP contribution in [0, 0.1) is 41.5 Å². The van der Waals surface area contributed by atoms with Gasteiger partial charge < -0.3 is 0 Å². The highest BCUT2D eigenvalue weighted by atomic mass is 14.9. The molecule has 8 rings (SSSR count). The van der Waals surface area contributed by atoms with Crippen molar-refractivity contribution in [3.05, 3.63) is 148 Å². The molecule has 0 amide bonds. The molecule has 1 saturated carbocycles. The SMILES string of the molecule is Cc1cc(C2CCCCC2)cc(-c2cc(-c3ccc4c(c3)B(c3c(C)cccc3C)c3ccccc3B4c3c(C)cccc3C)cc[n+]2C)c1C. The van der Waals surface area contributed by atoms with Crippen molar-refractivity contribution in [3.63, 3.8) is 0 Å². The fraction of sp³-hybridized carbons (Fsp3) is 0.271. The number of hydrogen-bond donors (Lipinski definition) is 0. The Morgan fingerprint density at radius 2 is 1.06 bits per heavy atom. The average molecular weight is 663 g/mol. The second kappa shape index (κ2) is 13.5. The summed E-state index contributed by atoms with van der Waals surface area (Å²) in [5, 5.41) is 0. The summed E-state index contributed by atoms with van der Waals surface area (Å²) < 4.78 is 2.32. The first kappa shape index (κ1) is 33.5. The van der Waals surface area contributed by atoms with Gasteiger partial charge in [-0.15, -0.1) is 0 Å². The van der Waals surface area contributed by atoms with Crippen LogP contribution in [-0.4, -0.2) is 13.4 Å². The molecule has 0 unspecified atom stereocenters. The fourth-order valence-corrected chi connectivity index (χ4v) is 9.67. The van der Waals surface area contributed by atoms with Gasteiger partial charge in [0.05, 0.1) is 0 Å². The van der Waals surface area contributed by atoms with Gasteiger partial charge in [0.25, 0.3) is 0 Å². The van der Waals surface area contributed by atoms with Gasteiger partial charge in [0.15, 0.2) is 6.20 Å². The van der Waals surface area contributed by atoms with Crippen LogP contribution in [0.15, 0.2) is 109 Å². The highest BCUT2D eigenvalue weighted by Crippen LogP contribution is 2.37. The number of benzene rings is 5. The summed E-state index contributed by atoms with van der Waals surface area (Å²) in [4.78, 5) is 0. The second-order valence-corrected chi connectivity index (χ2v) is 15.7. The first-order chi connectivity index (χ1) is 24.7. The number of fused-ring (bicyclic) bond motifs is 2. The van der Waals surface area contributed by atoms with E-state index in [9.17, 15) is 0 Å². The Labute approximate surface area is 307 Å². The molecular formula is C48H50B2N+. The molecule has 2 heterocycles. The van der Waals surface area contributed by atoms with Crippen molar-refractivity contribution in [2.24, 2.45) is 7.05 Å². The lowest BCUT2D eigenvalue weighted by Gasteiger charge is -2.34. The first-order valence-electron chi connectivity index (χ1n) is 19.2. The minimum atomic E-state index is 0.161. The number of rotatable bonds is 5. The summed E-state index contributed by atoms with van der Waals surface area (Å²) in [6.07, 6.45) is 8.99. The zero-order valence-corrected chi connectivity index (χ0v) is 31.6. The predicted molar refractivity (Wildman–Crippen MR) is 221 cm³/mol. The molecule has 0 saturated heterocycles. The maximum atomic E-state index is 2.54. The maximum absolute atomic E-state index is 2.54. The third-order valence-electron chi connectivity index (χ3n) is 12.5. The molecule has 0 bridgehead atoms. The van der Waals surface area contributed by atoms with E-state index >= 15 is 0 Å². The standard InChI is InChI=1S/C48H50B2N/c1-31-15-13-16-32(2)47(31)49-42-21-11-12-22-43(42)50(48-33(3)17-14-18-34(48)4)45-29-38(23-24-44(45)49)39-25-26-51(7)46(30-39)41-28-40(27-35(5)36(41)6)37-19-9-8-10-20-37/h11-18,21-30,37H,8-10,19-20H2,1-7H3/q+1. The van der Waals surface area contributed by atoms with E-state index in [1.165, 1.54) is 126 Å². The summed E-state index contributed by atoms with van der Waals surface area (Å²) in [5.74, 6) is 0.681.